The molecule has 0 aliphatic heterocycles. The monoisotopic (exact) mass is 299 g/mol. The fourth-order valence-electron chi connectivity index (χ4n) is 1.88. The van der Waals surface area contributed by atoms with Crippen LogP contribution in [0.2, 0.25) is 0 Å². The zero-order chi connectivity index (χ0) is 15.8. The standard InChI is InChI=1S/C15H16F3NO2/c1-14(2,3)13(20)10-6-4-9(5-7-10)11-8-12(21-19-11)15(16,17)18/h4-8,13,20H,1-3H3. The number of aromatic nitrogens is 1. The molecule has 0 saturated carbocycles. The molecule has 1 unspecified atom stereocenters. The molecular weight excluding hydrogens is 283 g/mol. The van der Waals surface area contributed by atoms with Gasteiger partial charge in [0, 0.05) is 11.6 Å². The van der Waals surface area contributed by atoms with E-state index in [2.05, 4.69) is 9.68 Å². The van der Waals surface area contributed by atoms with Crippen LogP contribution in [-0.2, 0) is 6.18 Å². The van der Waals surface area contributed by atoms with Crippen LogP contribution in [0.3, 0.4) is 0 Å². The highest BCUT2D eigenvalue weighted by Crippen LogP contribution is 2.35. The molecule has 1 heterocycles. The molecule has 1 N–H and O–H groups in total. The quantitative estimate of drug-likeness (QED) is 0.891. The van der Waals surface area contributed by atoms with Crippen LogP contribution in [-0.4, -0.2) is 10.3 Å². The molecule has 0 aliphatic carbocycles. The summed E-state index contributed by atoms with van der Waals surface area (Å²) in [4.78, 5) is 0. The summed E-state index contributed by atoms with van der Waals surface area (Å²) in [5.41, 5.74) is 0.989. The summed E-state index contributed by atoms with van der Waals surface area (Å²) in [6.07, 6.45) is -5.21. The first-order chi connectivity index (χ1) is 9.59. The molecule has 0 fully saturated rings. The zero-order valence-electron chi connectivity index (χ0n) is 11.9. The number of nitrogens with zero attached hydrogens (tertiary/aromatic N) is 1. The highest BCUT2D eigenvalue weighted by Gasteiger charge is 2.36. The van der Waals surface area contributed by atoms with Gasteiger partial charge in [0.1, 0.15) is 5.69 Å². The molecule has 0 radical (unpaired) electrons. The summed E-state index contributed by atoms with van der Waals surface area (Å²) in [6.45, 7) is 5.70. The summed E-state index contributed by atoms with van der Waals surface area (Å²) >= 11 is 0. The first-order valence-corrected chi connectivity index (χ1v) is 6.41. The highest BCUT2D eigenvalue weighted by molar-refractivity contribution is 5.59. The Balaban J connectivity index is 2.25. The van der Waals surface area contributed by atoms with E-state index < -0.39 is 18.0 Å². The van der Waals surface area contributed by atoms with Crippen LogP contribution in [0, 0.1) is 5.41 Å². The van der Waals surface area contributed by atoms with Crippen LogP contribution in [0.5, 0.6) is 0 Å². The van der Waals surface area contributed by atoms with Crippen molar-refractivity contribution in [1.82, 2.24) is 5.16 Å². The fraction of sp³-hybridized carbons (Fsp3) is 0.400. The average molecular weight is 299 g/mol. The summed E-state index contributed by atoms with van der Waals surface area (Å²) in [7, 11) is 0. The van der Waals surface area contributed by atoms with E-state index in [1.165, 1.54) is 0 Å². The maximum absolute atomic E-state index is 12.5. The Morgan fingerprint density at radius 3 is 2.10 bits per heavy atom. The first kappa shape index (κ1) is 15.6. The van der Waals surface area contributed by atoms with Gasteiger partial charge in [0.05, 0.1) is 6.10 Å². The van der Waals surface area contributed by atoms with Gasteiger partial charge in [-0.25, -0.2) is 0 Å². The van der Waals surface area contributed by atoms with E-state index >= 15 is 0 Å². The minimum absolute atomic E-state index is 0.110. The van der Waals surface area contributed by atoms with Crippen molar-refractivity contribution in [2.24, 2.45) is 5.41 Å². The molecule has 1 aromatic carbocycles. The molecule has 21 heavy (non-hydrogen) atoms. The normalized spacial score (nSPS) is 14.2. The zero-order valence-corrected chi connectivity index (χ0v) is 11.9. The Bertz CT molecular complexity index is 609. The maximum Gasteiger partial charge on any atom is 0.452 e. The Kier molecular flexibility index (Phi) is 3.84. The Morgan fingerprint density at radius 2 is 1.67 bits per heavy atom. The molecule has 0 saturated heterocycles. The van der Waals surface area contributed by atoms with E-state index in [4.69, 9.17) is 0 Å². The molecule has 6 heteroatoms. The van der Waals surface area contributed by atoms with Crippen molar-refractivity contribution in [2.45, 2.75) is 33.1 Å². The van der Waals surface area contributed by atoms with Crippen LogP contribution < -0.4 is 0 Å². The Labute approximate surface area is 120 Å². The van der Waals surface area contributed by atoms with E-state index in [9.17, 15) is 18.3 Å². The third-order valence-corrected chi connectivity index (χ3v) is 3.13. The minimum atomic E-state index is -4.55. The lowest BCUT2D eigenvalue weighted by atomic mass is 9.84. The fourth-order valence-corrected chi connectivity index (χ4v) is 1.88. The van der Waals surface area contributed by atoms with Crippen molar-refractivity contribution >= 4 is 0 Å². The predicted octanol–water partition coefficient (Wildman–Crippen LogP) is 4.44. The lowest BCUT2D eigenvalue weighted by molar-refractivity contribution is -0.155. The van der Waals surface area contributed by atoms with E-state index in [-0.39, 0.29) is 11.1 Å². The third kappa shape index (κ3) is 3.44. The molecule has 114 valence electrons. The molecule has 0 bridgehead atoms. The van der Waals surface area contributed by atoms with Crippen LogP contribution >= 0.6 is 0 Å². The lowest BCUT2D eigenvalue weighted by Gasteiger charge is -2.26. The summed E-state index contributed by atoms with van der Waals surface area (Å²) in [5.74, 6) is -1.13. The highest BCUT2D eigenvalue weighted by atomic mass is 19.4. The molecule has 1 atom stereocenters. The van der Waals surface area contributed by atoms with Crippen molar-refractivity contribution in [3.63, 3.8) is 0 Å². The van der Waals surface area contributed by atoms with Crippen molar-refractivity contribution in [3.05, 3.63) is 41.7 Å². The average Bonchev–Trinajstić information content (AvgIpc) is 2.86. The van der Waals surface area contributed by atoms with Crippen LogP contribution in [0.4, 0.5) is 13.2 Å². The van der Waals surface area contributed by atoms with Crippen molar-refractivity contribution in [3.8, 4) is 11.3 Å². The molecule has 1 aromatic heterocycles. The summed E-state index contributed by atoms with van der Waals surface area (Å²) in [5, 5.41) is 13.6. The second-order valence-corrected chi connectivity index (χ2v) is 5.96. The van der Waals surface area contributed by atoms with Crippen LogP contribution in [0.15, 0.2) is 34.9 Å². The molecular formula is C15H16F3NO2. The Morgan fingerprint density at radius 1 is 1.10 bits per heavy atom. The van der Waals surface area contributed by atoms with Gasteiger partial charge < -0.3 is 9.63 Å². The molecule has 2 rings (SSSR count). The van der Waals surface area contributed by atoms with E-state index in [1.54, 1.807) is 24.3 Å². The molecule has 0 aliphatic rings. The molecule has 0 amide bonds. The van der Waals surface area contributed by atoms with Crippen LogP contribution in [0.1, 0.15) is 38.2 Å². The summed E-state index contributed by atoms with van der Waals surface area (Å²) < 4.78 is 41.6. The smallest absolute Gasteiger partial charge is 0.388 e. The number of halogens is 3. The van der Waals surface area contributed by atoms with Gasteiger partial charge in [0.15, 0.2) is 0 Å². The number of rotatable bonds is 2. The number of alkyl halides is 3. The first-order valence-electron chi connectivity index (χ1n) is 6.41. The predicted molar refractivity (Wildman–Crippen MR) is 71.4 cm³/mol. The van der Waals surface area contributed by atoms with Gasteiger partial charge in [-0.1, -0.05) is 50.2 Å². The topological polar surface area (TPSA) is 46.3 Å². The molecule has 2 aromatic rings. The van der Waals surface area contributed by atoms with Gasteiger partial charge >= 0.3 is 6.18 Å². The van der Waals surface area contributed by atoms with Crippen molar-refractivity contribution in [1.29, 1.82) is 0 Å². The van der Waals surface area contributed by atoms with Gasteiger partial charge in [-0.2, -0.15) is 13.2 Å². The summed E-state index contributed by atoms with van der Waals surface area (Å²) in [6, 6.07) is 7.43. The second-order valence-electron chi connectivity index (χ2n) is 5.96. The number of hydrogen-bond donors (Lipinski definition) is 1. The lowest BCUT2D eigenvalue weighted by Crippen LogP contribution is -2.17. The van der Waals surface area contributed by atoms with Gasteiger partial charge in [-0.05, 0) is 11.0 Å². The second kappa shape index (κ2) is 5.18. The largest absolute Gasteiger partial charge is 0.452 e. The van der Waals surface area contributed by atoms with Crippen LogP contribution in [0.25, 0.3) is 11.3 Å². The van der Waals surface area contributed by atoms with E-state index in [0.29, 0.717) is 11.1 Å². The number of benzene rings is 1. The Hall–Kier alpha value is -1.82. The van der Waals surface area contributed by atoms with Crippen molar-refractivity contribution < 1.29 is 22.8 Å². The van der Waals surface area contributed by atoms with Gasteiger partial charge in [0.25, 0.3) is 0 Å². The number of aliphatic hydroxyl groups is 1. The van der Waals surface area contributed by atoms with E-state index in [1.807, 2.05) is 20.8 Å². The van der Waals surface area contributed by atoms with E-state index in [0.717, 1.165) is 6.07 Å². The van der Waals surface area contributed by atoms with Gasteiger partial charge in [-0.3, -0.25) is 0 Å². The SMILES string of the molecule is CC(C)(C)C(O)c1ccc(-c2cc(C(F)(F)F)on2)cc1. The molecule has 0 spiro atoms. The van der Waals surface area contributed by atoms with Gasteiger partial charge in [-0.15, -0.1) is 0 Å². The number of hydrogen-bond acceptors (Lipinski definition) is 3. The molecule has 3 nitrogen and oxygen atoms in total. The number of aliphatic hydroxyl groups excluding tert-OH is 1. The van der Waals surface area contributed by atoms with Gasteiger partial charge in [0.2, 0.25) is 5.76 Å². The minimum Gasteiger partial charge on any atom is -0.388 e. The third-order valence-electron chi connectivity index (χ3n) is 3.13. The maximum atomic E-state index is 12.5. The van der Waals surface area contributed by atoms with Crippen molar-refractivity contribution in [2.75, 3.05) is 0 Å².